The molecule has 8 heteroatoms. The topological polar surface area (TPSA) is 57.3 Å². The number of alkyl halides is 1. The van der Waals surface area contributed by atoms with Crippen molar-refractivity contribution in [2.75, 3.05) is 25.1 Å². The van der Waals surface area contributed by atoms with Crippen LogP contribution < -0.4 is 10.6 Å². The zero-order chi connectivity index (χ0) is 15.9. The third-order valence-electron chi connectivity index (χ3n) is 3.59. The Hall–Kier alpha value is -0.860. The summed E-state index contributed by atoms with van der Waals surface area (Å²) in [5, 5.41) is 8.65. The summed E-state index contributed by atoms with van der Waals surface area (Å²) in [5.74, 6) is 0.875. The van der Waals surface area contributed by atoms with Crippen molar-refractivity contribution in [3.63, 3.8) is 0 Å². The number of hydrogen-bond donors (Lipinski definition) is 2. The average Bonchev–Trinajstić information content (AvgIpc) is 3.07. The van der Waals surface area contributed by atoms with Crippen LogP contribution in [0.4, 0.5) is 9.18 Å². The molecule has 22 heavy (non-hydrogen) atoms. The van der Waals surface area contributed by atoms with Crippen LogP contribution in [0.1, 0.15) is 18.4 Å². The standard InChI is InChI=1S/C14H23FN4OS2/c1-10(9-21-2)18-14(20)17-6-12-5-11(15)7-19(12)8-13-16-3-4-22-13/h3-4,10-12H,5-9H2,1-2H3,(H2,17,18,20)/t10?,11-,12-/m0/s1. The maximum absolute atomic E-state index is 13.7. The quantitative estimate of drug-likeness (QED) is 0.794. The summed E-state index contributed by atoms with van der Waals surface area (Å²) in [6.45, 7) is 3.49. The van der Waals surface area contributed by atoms with Gasteiger partial charge in [0.15, 0.2) is 0 Å². The van der Waals surface area contributed by atoms with Crippen LogP contribution in [-0.2, 0) is 6.54 Å². The van der Waals surface area contributed by atoms with Gasteiger partial charge in [-0.1, -0.05) is 0 Å². The van der Waals surface area contributed by atoms with Gasteiger partial charge in [0.25, 0.3) is 0 Å². The van der Waals surface area contributed by atoms with Gasteiger partial charge in [0.1, 0.15) is 11.2 Å². The van der Waals surface area contributed by atoms with E-state index < -0.39 is 6.17 Å². The van der Waals surface area contributed by atoms with Crippen molar-refractivity contribution in [1.82, 2.24) is 20.5 Å². The number of likely N-dealkylation sites (tertiary alicyclic amines) is 1. The van der Waals surface area contributed by atoms with E-state index in [0.29, 0.717) is 26.1 Å². The maximum Gasteiger partial charge on any atom is 0.315 e. The molecule has 1 unspecified atom stereocenters. The van der Waals surface area contributed by atoms with E-state index in [0.717, 1.165) is 10.8 Å². The first kappa shape index (κ1) is 17.5. The summed E-state index contributed by atoms with van der Waals surface area (Å²) in [6.07, 6.45) is 3.40. The summed E-state index contributed by atoms with van der Waals surface area (Å²) in [4.78, 5) is 18.1. The molecule has 0 bridgehead atoms. The van der Waals surface area contributed by atoms with Gasteiger partial charge in [0.05, 0.1) is 6.54 Å². The van der Waals surface area contributed by atoms with Gasteiger partial charge in [-0.25, -0.2) is 14.2 Å². The van der Waals surface area contributed by atoms with Crippen LogP contribution in [0.15, 0.2) is 11.6 Å². The average molecular weight is 346 g/mol. The SMILES string of the molecule is CSCC(C)NC(=O)NC[C@@H]1C[C@H](F)CN1Cc1nccs1. The molecule has 1 aromatic rings. The largest absolute Gasteiger partial charge is 0.337 e. The maximum atomic E-state index is 13.7. The van der Waals surface area contributed by atoms with Crippen molar-refractivity contribution in [3.05, 3.63) is 16.6 Å². The van der Waals surface area contributed by atoms with Gasteiger partial charge in [0, 0.05) is 42.5 Å². The molecule has 1 aliphatic heterocycles. The number of carbonyl (C=O) groups is 1. The molecule has 2 heterocycles. The molecule has 1 fully saturated rings. The Labute approximate surface area is 139 Å². The van der Waals surface area contributed by atoms with Crippen molar-refractivity contribution in [2.24, 2.45) is 0 Å². The minimum atomic E-state index is -0.828. The highest BCUT2D eigenvalue weighted by Gasteiger charge is 2.32. The molecule has 0 spiro atoms. The molecule has 2 rings (SSSR count). The highest BCUT2D eigenvalue weighted by Crippen LogP contribution is 2.22. The summed E-state index contributed by atoms with van der Waals surface area (Å²) in [5.41, 5.74) is 0. The number of urea groups is 1. The molecular formula is C14H23FN4OS2. The first-order chi connectivity index (χ1) is 10.6. The lowest BCUT2D eigenvalue weighted by atomic mass is 10.2. The van der Waals surface area contributed by atoms with Gasteiger partial charge in [-0.05, 0) is 19.6 Å². The molecule has 5 nitrogen and oxygen atoms in total. The monoisotopic (exact) mass is 346 g/mol. The van der Waals surface area contributed by atoms with Crippen LogP contribution >= 0.6 is 23.1 Å². The fourth-order valence-corrected chi connectivity index (χ4v) is 3.83. The molecule has 1 saturated heterocycles. The van der Waals surface area contributed by atoms with E-state index in [1.165, 1.54) is 0 Å². The van der Waals surface area contributed by atoms with Crippen molar-refractivity contribution in [3.8, 4) is 0 Å². The molecule has 0 radical (unpaired) electrons. The number of aromatic nitrogens is 1. The molecule has 2 N–H and O–H groups in total. The van der Waals surface area contributed by atoms with Gasteiger partial charge in [0.2, 0.25) is 0 Å². The zero-order valence-electron chi connectivity index (χ0n) is 12.9. The molecule has 2 amide bonds. The van der Waals surface area contributed by atoms with Gasteiger partial charge >= 0.3 is 6.03 Å². The lowest BCUT2D eigenvalue weighted by Crippen LogP contribution is -2.46. The van der Waals surface area contributed by atoms with Crippen LogP contribution in [0, 0.1) is 0 Å². The highest BCUT2D eigenvalue weighted by atomic mass is 32.2. The van der Waals surface area contributed by atoms with Gasteiger partial charge in [-0.15, -0.1) is 11.3 Å². The smallest absolute Gasteiger partial charge is 0.315 e. The Bertz CT molecular complexity index is 460. The second-order valence-electron chi connectivity index (χ2n) is 5.55. The van der Waals surface area contributed by atoms with E-state index >= 15 is 0 Å². The van der Waals surface area contributed by atoms with Crippen molar-refractivity contribution in [1.29, 1.82) is 0 Å². The van der Waals surface area contributed by atoms with E-state index in [-0.39, 0.29) is 18.1 Å². The van der Waals surface area contributed by atoms with Crippen molar-refractivity contribution >= 4 is 29.1 Å². The molecule has 3 atom stereocenters. The number of carbonyl (C=O) groups excluding carboxylic acids is 1. The minimum absolute atomic E-state index is 0.0282. The zero-order valence-corrected chi connectivity index (χ0v) is 14.6. The lowest BCUT2D eigenvalue weighted by Gasteiger charge is -2.23. The molecule has 124 valence electrons. The molecule has 0 aliphatic carbocycles. The van der Waals surface area contributed by atoms with Crippen LogP contribution in [-0.4, -0.2) is 59.3 Å². The van der Waals surface area contributed by atoms with E-state index in [9.17, 15) is 9.18 Å². The van der Waals surface area contributed by atoms with E-state index in [4.69, 9.17) is 0 Å². The Morgan fingerprint density at radius 3 is 3.18 bits per heavy atom. The number of thiazole rings is 1. The van der Waals surface area contributed by atoms with Crippen molar-refractivity contribution in [2.45, 2.75) is 38.1 Å². The number of rotatable bonds is 7. The molecule has 1 aromatic heterocycles. The van der Waals surface area contributed by atoms with Gasteiger partial charge in [-0.3, -0.25) is 4.90 Å². The molecule has 1 aliphatic rings. The van der Waals surface area contributed by atoms with Crippen LogP contribution in [0.25, 0.3) is 0 Å². The van der Waals surface area contributed by atoms with Gasteiger partial charge in [-0.2, -0.15) is 11.8 Å². The summed E-state index contributed by atoms with van der Waals surface area (Å²) < 4.78 is 13.7. The van der Waals surface area contributed by atoms with Crippen LogP contribution in [0.5, 0.6) is 0 Å². The molecule has 0 saturated carbocycles. The Balaban J connectivity index is 1.78. The number of hydrogen-bond acceptors (Lipinski definition) is 5. The van der Waals surface area contributed by atoms with Crippen LogP contribution in [0.3, 0.4) is 0 Å². The van der Waals surface area contributed by atoms with E-state index in [2.05, 4.69) is 20.5 Å². The number of amides is 2. The third kappa shape index (κ3) is 5.40. The fraction of sp³-hybridized carbons (Fsp3) is 0.714. The summed E-state index contributed by atoms with van der Waals surface area (Å²) in [6, 6.07) is -0.0301. The first-order valence-corrected chi connectivity index (χ1v) is 9.65. The third-order valence-corrected chi connectivity index (χ3v) is 5.19. The summed E-state index contributed by atoms with van der Waals surface area (Å²) in [7, 11) is 0. The summed E-state index contributed by atoms with van der Waals surface area (Å²) >= 11 is 3.27. The predicted molar refractivity (Wildman–Crippen MR) is 90.2 cm³/mol. The number of halogens is 1. The number of nitrogens with zero attached hydrogens (tertiary/aromatic N) is 2. The second-order valence-corrected chi connectivity index (χ2v) is 7.44. The predicted octanol–water partition coefficient (Wildman–Crippen LogP) is 2.11. The number of nitrogens with one attached hydrogen (secondary N) is 2. The van der Waals surface area contributed by atoms with Gasteiger partial charge < -0.3 is 10.6 Å². The lowest BCUT2D eigenvalue weighted by molar-refractivity contribution is 0.218. The first-order valence-electron chi connectivity index (χ1n) is 7.38. The number of thioether (sulfide) groups is 1. The fourth-order valence-electron chi connectivity index (χ4n) is 2.61. The Morgan fingerprint density at radius 2 is 2.50 bits per heavy atom. The molecule has 0 aromatic carbocycles. The van der Waals surface area contributed by atoms with E-state index in [1.807, 2.05) is 18.6 Å². The normalized spacial score (nSPS) is 23.4. The Morgan fingerprint density at radius 1 is 1.68 bits per heavy atom. The second kappa shape index (κ2) is 8.69. The van der Waals surface area contributed by atoms with E-state index in [1.54, 1.807) is 29.3 Å². The van der Waals surface area contributed by atoms with Crippen LogP contribution in [0.2, 0.25) is 0 Å². The highest BCUT2D eigenvalue weighted by molar-refractivity contribution is 7.98. The molecular weight excluding hydrogens is 323 g/mol. The van der Waals surface area contributed by atoms with Crippen molar-refractivity contribution < 1.29 is 9.18 Å². The Kier molecular flexibility index (Phi) is 6.91. The minimum Gasteiger partial charge on any atom is -0.337 e.